The third-order valence-corrected chi connectivity index (χ3v) is 6.27. The van der Waals surface area contributed by atoms with Crippen LogP contribution >= 0.6 is 11.6 Å². The van der Waals surface area contributed by atoms with E-state index >= 15 is 0 Å². The molecule has 0 spiro atoms. The third-order valence-electron chi connectivity index (χ3n) is 4.64. The van der Waals surface area contributed by atoms with Crippen LogP contribution in [-0.4, -0.2) is 69.1 Å². The summed E-state index contributed by atoms with van der Waals surface area (Å²) in [5, 5.41) is 2.62. The molecule has 0 aliphatic heterocycles. The Labute approximate surface area is 204 Å². The number of hydrogen-bond donors (Lipinski definition) is 4. The van der Waals surface area contributed by atoms with Crippen LogP contribution in [-0.2, 0) is 15.8 Å². The molecule has 0 bridgehead atoms. The average molecular weight is 551 g/mol. The predicted octanol–water partition coefficient (Wildman–Crippen LogP) is -2.47. The molecule has 2 aromatic rings. The fourth-order valence-electron chi connectivity index (χ4n) is 2.73. The number of aryl methyl sites for hydroxylation is 1. The predicted molar refractivity (Wildman–Crippen MR) is 122 cm³/mol. The first-order valence-corrected chi connectivity index (χ1v) is 11.6. The Balaban J connectivity index is 0.00000512. The van der Waals surface area contributed by atoms with Crippen LogP contribution in [0.3, 0.4) is 0 Å². The summed E-state index contributed by atoms with van der Waals surface area (Å²) in [5.41, 5.74) is 12.9. The van der Waals surface area contributed by atoms with E-state index in [-0.39, 0.29) is 51.8 Å². The van der Waals surface area contributed by atoms with Gasteiger partial charge in [-0.1, -0.05) is 41.4 Å². The molecule has 2 rings (SSSR count). The SMILES string of the molecule is Cc1ccc(CS(=O)(=O)NCC[N+](C)(C)CCNC(=O)c2nc(Cl)c(N)nc2N)cc1.[Br-]. The Hall–Kier alpha value is -1.99. The standard InChI is InChI=1S/C19H28ClN7O3S.BrH/c1-13-4-6-14(7-5-13)12-31(29,30)24-9-11-27(2,3)10-8-23-19(28)15-17(21)26-18(22)16(20)25-15;/h4-7,24H,8-12H2,1-3H3,(H4-,21,22,23,26,28);1H. The van der Waals surface area contributed by atoms with Crippen molar-refractivity contribution < 1.29 is 34.7 Å². The van der Waals surface area contributed by atoms with Crippen molar-refractivity contribution in [3.05, 3.63) is 46.2 Å². The van der Waals surface area contributed by atoms with Gasteiger partial charge in [0.05, 0.1) is 46.0 Å². The molecule has 1 aromatic carbocycles. The van der Waals surface area contributed by atoms with Crippen molar-refractivity contribution in [1.82, 2.24) is 20.0 Å². The Bertz CT molecular complexity index is 1030. The lowest BCUT2D eigenvalue weighted by Gasteiger charge is -2.29. The number of nitrogens with zero attached hydrogens (tertiary/aromatic N) is 3. The molecule has 13 heteroatoms. The number of carbonyl (C=O) groups is 1. The second-order valence-electron chi connectivity index (χ2n) is 7.91. The number of carbonyl (C=O) groups excluding carboxylic acids is 1. The van der Waals surface area contributed by atoms with Crippen molar-refractivity contribution in [1.29, 1.82) is 0 Å². The summed E-state index contributed by atoms with van der Waals surface area (Å²) < 4.78 is 27.7. The maximum Gasteiger partial charge on any atom is 0.273 e. The van der Waals surface area contributed by atoms with E-state index in [1.54, 1.807) is 0 Å². The highest BCUT2D eigenvalue weighted by Crippen LogP contribution is 2.17. The average Bonchev–Trinajstić information content (AvgIpc) is 2.65. The number of rotatable bonds is 10. The number of halogens is 2. The molecule has 32 heavy (non-hydrogen) atoms. The lowest BCUT2D eigenvalue weighted by atomic mass is 10.2. The van der Waals surface area contributed by atoms with Crippen molar-refractivity contribution in [2.24, 2.45) is 0 Å². The molecule has 0 radical (unpaired) electrons. The first-order chi connectivity index (χ1) is 14.4. The second-order valence-corrected chi connectivity index (χ2v) is 10.1. The van der Waals surface area contributed by atoms with Gasteiger partial charge in [0.2, 0.25) is 10.0 Å². The van der Waals surface area contributed by atoms with Crippen molar-refractivity contribution >= 4 is 39.2 Å². The fourth-order valence-corrected chi connectivity index (χ4v) is 4.00. The lowest BCUT2D eigenvalue weighted by molar-refractivity contribution is -0.887. The van der Waals surface area contributed by atoms with E-state index in [2.05, 4.69) is 20.0 Å². The number of amides is 1. The number of nitrogens with one attached hydrogen (secondary N) is 2. The van der Waals surface area contributed by atoms with Gasteiger partial charge in [-0.25, -0.2) is 23.1 Å². The molecule has 1 aromatic heterocycles. The third kappa shape index (κ3) is 8.87. The maximum absolute atomic E-state index is 12.3. The monoisotopic (exact) mass is 549 g/mol. The maximum atomic E-state index is 12.3. The summed E-state index contributed by atoms with van der Waals surface area (Å²) in [6.07, 6.45) is 0. The van der Waals surface area contributed by atoms with Gasteiger partial charge >= 0.3 is 0 Å². The Kier molecular flexibility index (Phi) is 10.3. The van der Waals surface area contributed by atoms with Gasteiger partial charge in [-0.3, -0.25) is 4.79 Å². The fraction of sp³-hybridized carbons (Fsp3) is 0.421. The van der Waals surface area contributed by atoms with Crippen LogP contribution in [0.5, 0.6) is 0 Å². The quantitative estimate of drug-likeness (QED) is 0.239. The van der Waals surface area contributed by atoms with Crippen LogP contribution in [0.4, 0.5) is 11.6 Å². The minimum absolute atomic E-state index is 0. The summed E-state index contributed by atoms with van der Waals surface area (Å²) in [4.78, 5) is 19.9. The minimum Gasteiger partial charge on any atom is -1.00 e. The molecular weight excluding hydrogens is 522 g/mol. The van der Waals surface area contributed by atoms with Crippen molar-refractivity contribution in [2.75, 3.05) is 51.7 Å². The number of nitrogen functional groups attached to an aromatic ring is 2. The molecule has 0 atom stereocenters. The van der Waals surface area contributed by atoms with Crippen molar-refractivity contribution in [3.8, 4) is 0 Å². The highest BCUT2D eigenvalue weighted by molar-refractivity contribution is 7.88. The normalized spacial score (nSPS) is 11.6. The molecule has 0 aliphatic carbocycles. The molecule has 10 nitrogen and oxygen atoms in total. The lowest BCUT2D eigenvalue weighted by Crippen LogP contribution is -3.00. The Morgan fingerprint density at radius 1 is 1.06 bits per heavy atom. The van der Waals surface area contributed by atoms with Crippen LogP contribution in [0, 0.1) is 6.92 Å². The first kappa shape index (κ1) is 28.0. The molecule has 178 valence electrons. The van der Waals surface area contributed by atoms with Gasteiger partial charge in [0.15, 0.2) is 22.5 Å². The van der Waals surface area contributed by atoms with Crippen molar-refractivity contribution in [3.63, 3.8) is 0 Å². The zero-order valence-electron chi connectivity index (χ0n) is 18.2. The number of likely N-dealkylation sites (N-methyl/N-ethyl adjacent to an activating group) is 1. The van der Waals surface area contributed by atoms with Crippen LogP contribution in [0.25, 0.3) is 0 Å². The smallest absolute Gasteiger partial charge is 0.273 e. The molecule has 0 saturated carbocycles. The van der Waals surface area contributed by atoms with E-state index < -0.39 is 15.9 Å². The van der Waals surface area contributed by atoms with Crippen LogP contribution in [0.1, 0.15) is 21.6 Å². The zero-order chi connectivity index (χ0) is 23.2. The molecule has 6 N–H and O–H groups in total. The van der Waals surface area contributed by atoms with E-state index in [1.165, 1.54) is 0 Å². The summed E-state index contributed by atoms with van der Waals surface area (Å²) in [6, 6.07) is 7.39. The van der Waals surface area contributed by atoms with Gasteiger partial charge in [0.25, 0.3) is 5.91 Å². The number of aromatic nitrogens is 2. The molecule has 1 heterocycles. The molecule has 0 fully saturated rings. The van der Waals surface area contributed by atoms with Crippen LogP contribution in [0.15, 0.2) is 24.3 Å². The summed E-state index contributed by atoms with van der Waals surface area (Å²) in [5.74, 6) is -0.719. The second kappa shape index (κ2) is 11.8. The van der Waals surface area contributed by atoms with E-state index in [1.807, 2.05) is 45.3 Å². The number of hydrogen-bond acceptors (Lipinski definition) is 7. The molecule has 0 unspecified atom stereocenters. The molecule has 0 saturated heterocycles. The summed E-state index contributed by atoms with van der Waals surface area (Å²) in [6.45, 7) is 3.65. The molecular formula is C19H29BrClN7O3S. The Morgan fingerprint density at radius 2 is 1.66 bits per heavy atom. The molecule has 0 aliphatic rings. The zero-order valence-corrected chi connectivity index (χ0v) is 21.4. The molecule has 1 amide bonds. The van der Waals surface area contributed by atoms with Crippen LogP contribution in [0.2, 0.25) is 5.15 Å². The van der Waals surface area contributed by atoms with Gasteiger partial charge in [-0.2, -0.15) is 0 Å². The van der Waals surface area contributed by atoms with Crippen LogP contribution < -0.4 is 38.5 Å². The van der Waals surface area contributed by atoms with Gasteiger partial charge < -0.3 is 38.2 Å². The largest absolute Gasteiger partial charge is 1.00 e. The number of sulfonamides is 1. The first-order valence-electron chi connectivity index (χ1n) is 9.60. The van der Waals surface area contributed by atoms with Gasteiger partial charge in [0, 0.05) is 0 Å². The van der Waals surface area contributed by atoms with Crippen molar-refractivity contribution in [2.45, 2.75) is 12.7 Å². The van der Waals surface area contributed by atoms with Gasteiger partial charge in [-0.05, 0) is 12.5 Å². The highest BCUT2D eigenvalue weighted by Gasteiger charge is 2.20. The van der Waals surface area contributed by atoms with E-state index in [0.717, 1.165) is 11.1 Å². The number of quaternary nitrogens is 1. The van der Waals surface area contributed by atoms with E-state index in [0.29, 0.717) is 24.1 Å². The summed E-state index contributed by atoms with van der Waals surface area (Å²) in [7, 11) is 0.444. The number of nitrogens with two attached hydrogens (primary N) is 2. The summed E-state index contributed by atoms with van der Waals surface area (Å²) >= 11 is 5.80. The Morgan fingerprint density at radius 3 is 2.28 bits per heavy atom. The number of anilines is 2. The minimum atomic E-state index is -3.43. The van der Waals surface area contributed by atoms with Gasteiger partial charge in [0.1, 0.15) is 0 Å². The van der Waals surface area contributed by atoms with E-state index in [4.69, 9.17) is 23.1 Å². The van der Waals surface area contributed by atoms with E-state index in [9.17, 15) is 13.2 Å². The topological polar surface area (TPSA) is 153 Å². The number of benzene rings is 1. The van der Waals surface area contributed by atoms with Gasteiger partial charge in [-0.15, -0.1) is 0 Å². The highest BCUT2D eigenvalue weighted by atomic mass is 79.9.